The number of rotatable bonds is 10. The van der Waals surface area contributed by atoms with E-state index < -0.39 is 41.9 Å². The molecule has 9 atom stereocenters. The molecular weight excluding hydrogens is 448 g/mol. The molecule has 0 bridgehead atoms. The van der Waals surface area contributed by atoms with E-state index in [1.807, 2.05) is 11.9 Å². The first-order valence-electron chi connectivity index (χ1n) is 11.7. The Hall–Kier alpha value is -0.950. The Bertz CT molecular complexity index is 654. The van der Waals surface area contributed by atoms with Crippen LogP contribution in [0, 0.1) is 5.92 Å². The quantitative estimate of drug-likeness (QED) is 0.257. The van der Waals surface area contributed by atoms with Gasteiger partial charge in [0.1, 0.15) is 29.9 Å². The van der Waals surface area contributed by atoms with Crippen LogP contribution >= 0.6 is 11.8 Å². The molecule has 0 radical (unpaired) electrons. The van der Waals surface area contributed by atoms with Crippen molar-refractivity contribution in [2.75, 3.05) is 40.5 Å². The van der Waals surface area contributed by atoms with Crippen LogP contribution in [0.25, 0.3) is 0 Å². The van der Waals surface area contributed by atoms with Gasteiger partial charge in [-0.15, -0.1) is 11.8 Å². The van der Waals surface area contributed by atoms with Crippen molar-refractivity contribution in [1.29, 1.82) is 0 Å². The van der Waals surface area contributed by atoms with Gasteiger partial charge in [0, 0.05) is 12.6 Å². The van der Waals surface area contributed by atoms with Crippen LogP contribution in [0.2, 0.25) is 0 Å². The lowest BCUT2D eigenvalue weighted by molar-refractivity contribution is -0.207. The monoisotopic (exact) mass is 490 g/mol. The Morgan fingerprint density at radius 3 is 2.42 bits per heavy atom. The standard InChI is InChI=1S/C22H42N4O6S/c1-7-8-13-9-14(26(5)10-13)21(31)24-16(12(2)23-15(27)11-25(3)4)20-18(29)17(28)19(30)22(32-20)33-6/h12-14,16-20,22,28-30H,7-11H2,1-6H3,(H,23,27)(H,24,31)/t12-,13+,14-,16+,17?,18?,19+,20+,22?/m0/s1. The van der Waals surface area contributed by atoms with E-state index in [2.05, 4.69) is 17.6 Å². The second kappa shape index (κ2) is 12.7. The molecule has 10 nitrogen and oxygen atoms in total. The van der Waals surface area contributed by atoms with Crippen molar-refractivity contribution >= 4 is 23.6 Å². The smallest absolute Gasteiger partial charge is 0.237 e. The average molecular weight is 491 g/mol. The zero-order valence-electron chi connectivity index (χ0n) is 20.6. The Kier molecular flexibility index (Phi) is 10.9. The van der Waals surface area contributed by atoms with Crippen molar-refractivity contribution in [3.05, 3.63) is 0 Å². The van der Waals surface area contributed by atoms with Gasteiger partial charge in [0.25, 0.3) is 0 Å². The minimum atomic E-state index is -1.44. The summed E-state index contributed by atoms with van der Waals surface area (Å²) in [6.45, 7) is 4.87. The van der Waals surface area contributed by atoms with E-state index in [0.717, 1.165) is 25.8 Å². The van der Waals surface area contributed by atoms with Gasteiger partial charge in [0.05, 0.1) is 18.6 Å². The van der Waals surface area contributed by atoms with E-state index >= 15 is 0 Å². The van der Waals surface area contributed by atoms with Gasteiger partial charge in [-0.25, -0.2) is 0 Å². The number of likely N-dealkylation sites (N-methyl/N-ethyl adjacent to an activating group) is 2. The summed E-state index contributed by atoms with van der Waals surface area (Å²) in [5, 5.41) is 37.3. The number of aliphatic hydroxyl groups excluding tert-OH is 3. The van der Waals surface area contributed by atoms with Crippen LogP contribution in [0.1, 0.15) is 33.1 Å². The molecule has 2 rings (SSSR count). The van der Waals surface area contributed by atoms with Gasteiger partial charge >= 0.3 is 0 Å². The average Bonchev–Trinajstić information content (AvgIpc) is 3.10. The van der Waals surface area contributed by atoms with Gasteiger partial charge in [-0.1, -0.05) is 13.3 Å². The van der Waals surface area contributed by atoms with Gasteiger partial charge in [-0.3, -0.25) is 14.5 Å². The zero-order chi connectivity index (χ0) is 24.9. The van der Waals surface area contributed by atoms with Crippen molar-refractivity contribution in [3.63, 3.8) is 0 Å². The molecule has 5 N–H and O–H groups in total. The van der Waals surface area contributed by atoms with E-state index in [1.54, 1.807) is 32.2 Å². The fourth-order valence-corrected chi connectivity index (χ4v) is 5.50. The van der Waals surface area contributed by atoms with Crippen LogP contribution in [0.3, 0.4) is 0 Å². The molecule has 11 heteroatoms. The van der Waals surface area contributed by atoms with Crippen molar-refractivity contribution in [2.45, 2.75) is 81.1 Å². The lowest BCUT2D eigenvalue weighted by Crippen LogP contribution is -2.67. The largest absolute Gasteiger partial charge is 0.388 e. The summed E-state index contributed by atoms with van der Waals surface area (Å²) in [6, 6.07) is -1.72. The molecule has 0 spiro atoms. The molecule has 2 amide bonds. The number of carbonyl (C=O) groups excluding carboxylic acids is 2. The van der Waals surface area contributed by atoms with Crippen molar-refractivity contribution in [3.8, 4) is 0 Å². The maximum absolute atomic E-state index is 13.3. The third-order valence-corrected chi connectivity index (χ3v) is 7.38. The van der Waals surface area contributed by atoms with Crippen molar-refractivity contribution in [2.24, 2.45) is 5.92 Å². The van der Waals surface area contributed by atoms with Crippen LogP contribution in [0.15, 0.2) is 0 Å². The first-order chi connectivity index (χ1) is 15.5. The number of thioether (sulfide) groups is 1. The molecule has 2 aliphatic heterocycles. The van der Waals surface area contributed by atoms with Gasteiger partial charge in [-0.05, 0) is 53.1 Å². The molecule has 0 aliphatic carbocycles. The number of hydrogen-bond donors (Lipinski definition) is 5. The van der Waals surface area contributed by atoms with Crippen molar-refractivity contribution < 1.29 is 29.6 Å². The molecule has 2 saturated heterocycles. The Labute approximate surface area is 201 Å². The summed E-state index contributed by atoms with van der Waals surface area (Å²) in [6.07, 6.45) is -0.569. The predicted molar refractivity (Wildman–Crippen MR) is 128 cm³/mol. The van der Waals surface area contributed by atoms with E-state index in [0.29, 0.717) is 5.92 Å². The normalized spacial score (nSPS) is 34.8. The number of aliphatic hydroxyl groups is 3. The molecule has 3 unspecified atom stereocenters. The molecule has 2 aliphatic rings. The van der Waals surface area contributed by atoms with Gasteiger partial charge in [0.15, 0.2) is 0 Å². The first kappa shape index (κ1) is 28.3. The van der Waals surface area contributed by atoms with Gasteiger partial charge in [-0.2, -0.15) is 0 Å². The zero-order valence-corrected chi connectivity index (χ0v) is 21.4. The maximum Gasteiger partial charge on any atom is 0.237 e. The molecule has 0 aromatic heterocycles. The number of likely N-dealkylation sites (tertiary alicyclic amines) is 1. The molecule has 33 heavy (non-hydrogen) atoms. The van der Waals surface area contributed by atoms with Gasteiger partial charge < -0.3 is 35.6 Å². The summed E-state index contributed by atoms with van der Waals surface area (Å²) in [5.74, 6) is 0.00717. The number of nitrogens with zero attached hydrogens (tertiary/aromatic N) is 2. The Balaban J connectivity index is 2.23. The molecular formula is C22H42N4O6S. The third-order valence-electron chi connectivity index (χ3n) is 6.52. The highest BCUT2D eigenvalue weighted by molar-refractivity contribution is 7.99. The Morgan fingerprint density at radius 1 is 1.18 bits per heavy atom. The van der Waals surface area contributed by atoms with E-state index in [4.69, 9.17) is 4.74 Å². The number of nitrogens with one attached hydrogen (secondary N) is 2. The summed E-state index contributed by atoms with van der Waals surface area (Å²) >= 11 is 1.21. The van der Waals surface area contributed by atoms with E-state index in [-0.39, 0.29) is 24.4 Å². The number of carbonyl (C=O) groups is 2. The van der Waals surface area contributed by atoms with Crippen LogP contribution in [0.5, 0.6) is 0 Å². The van der Waals surface area contributed by atoms with Crippen molar-refractivity contribution in [1.82, 2.24) is 20.4 Å². The highest BCUT2D eigenvalue weighted by Crippen LogP contribution is 2.30. The first-order valence-corrected chi connectivity index (χ1v) is 13.0. The molecule has 0 aromatic carbocycles. The molecule has 192 valence electrons. The lowest BCUT2D eigenvalue weighted by Gasteiger charge is -2.45. The molecule has 2 fully saturated rings. The van der Waals surface area contributed by atoms with E-state index in [1.165, 1.54) is 11.8 Å². The summed E-state index contributed by atoms with van der Waals surface area (Å²) in [7, 11) is 5.48. The fourth-order valence-electron chi connectivity index (χ4n) is 4.82. The third kappa shape index (κ3) is 7.27. The molecule has 0 saturated carbocycles. The number of ether oxygens (including phenoxy) is 1. The van der Waals surface area contributed by atoms with Crippen LogP contribution in [-0.4, -0.2) is 125 Å². The molecule has 0 aromatic rings. The maximum atomic E-state index is 13.3. The number of amides is 2. The topological polar surface area (TPSA) is 135 Å². The second-order valence-corrected chi connectivity index (χ2v) is 10.6. The highest BCUT2D eigenvalue weighted by Gasteiger charge is 2.49. The van der Waals surface area contributed by atoms with Crippen LogP contribution in [0.4, 0.5) is 0 Å². The summed E-state index contributed by atoms with van der Waals surface area (Å²) in [4.78, 5) is 29.5. The van der Waals surface area contributed by atoms with Gasteiger partial charge in [0.2, 0.25) is 11.8 Å². The van der Waals surface area contributed by atoms with E-state index in [9.17, 15) is 24.9 Å². The second-order valence-electron chi connectivity index (χ2n) is 9.65. The summed E-state index contributed by atoms with van der Waals surface area (Å²) < 4.78 is 5.94. The minimum Gasteiger partial charge on any atom is -0.388 e. The predicted octanol–water partition coefficient (Wildman–Crippen LogP) is -1.17. The Morgan fingerprint density at radius 2 is 1.85 bits per heavy atom. The SMILES string of the molecule is CCC[C@@H]1C[C@@H](C(=O)N[C@H]([C@H](C)NC(=O)CN(C)C)[C@H]2OC(SC)[C@H](O)C(O)C2O)N(C)C1. The number of hydrogen-bond acceptors (Lipinski definition) is 9. The molecule has 2 heterocycles. The van der Waals surface area contributed by atoms with Crippen LogP contribution in [-0.2, 0) is 14.3 Å². The minimum absolute atomic E-state index is 0.165. The summed E-state index contributed by atoms with van der Waals surface area (Å²) in [5.41, 5.74) is -0.777. The lowest BCUT2D eigenvalue weighted by atomic mass is 9.90. The van der Waals surface area contributed by atoms with Crippen LogP contribution < -0.4 is 10.6 Å². The fraction of sp³-hybridized carbons (Fsp3) is 0.909. The highest BCUT2D eigenvalue weighted by atomic mass is 32.2.